The zero-order valence-electron chi connectivity index (χ0n) is 19.5. The van der Waals surface area contributed by atoms with Crippen LogP contribution in [0.4, 0.5) is 5.69 Å². The first-order chi connectivity index (χ1) is 15.4. The molecule has 1 N–H and O–H groups in total. The average Bonchev–Trinajstić information content (AvgIpc) is 2.77. The van der Waals surface area contributed by atoms with Crippen LogP contribution in [0, 0.1) is 13.8 Å². The molecule has 0 unspecified atom stereocenters. The van der Waals surface area contributed by atoms with E-state index in [1.54, 1.807) is 21.1 Å². The number of hydrogen-bond donors (Lipinski definition) is 1. The van der Waals surface area contributed by atoms with Gasteiger partial charge in [0, 0.05) is 18.3 Å². The van der Waals surface area contributed by atoms with Crippen LogP contribution in [-0.4, -0.2) is 50.7 Å². The van der Waals surface area contributed by atoms with E-state index in [4.69, 9.17) is 14.2 Å². The molecular weight excluding hydrogens is 408 g/mol. The molecule has 1 atom stereocenters. The van der Waals surface area contributed by atoms with Crippen LogP contribution in [0.2, 0.25) is 0 Å². The Morgan fingerprint density at radius 1 is 1.09 bits per heavy atom. The number of ether oxygens (including phenoxy) is 3. The van der Waals surface area contributed by atoms with Crippen LogP contribution in [0.1, 0.15) is 41.6 Å². The lowest BCUT2D eigenvalue weighted by Gasteiger charge is -2.37. The van der Waals surface area contributed by atoms with Crippen molar-refractivity contribution in [3.63, 3.8) is 0 Å². The van der Waals surface area contributed by atoms with E-state index in [2.05, 4.69) is 5.32 Å². The normalized spacial score (nSPS) is 15.6. The fourth-order valence-corrected chi connectivity index (χ4v) is 4.26. The minimum absolute atomic E-state index is 0.111. The fraction of sp³-hybridized carbons (Fsp3) is 0.440. The Labute approximate surface area is 189 Å². The summed E-state index contributed by atoms with van der Waals surface area (Å²) in [6.07, 6.45) is 0.901. The Morgan fingerprint density at radius 2 is 1.75 bits per heavy atom. The molecule has 0 spiro atoms. The van der Waals surface area contributed by atoms with Gasteiger partial charge in [-0.2, -0.15) is 0 Å². The molecule has 0 aromatic heterocycles. The van der Waals surface area contributed by atoms with Crippen LogP contribution in [0.15, 0.2) is 30.3 Å². The second-order valence-corrected chi connectivity index (χ2v) is 7.97. The highest BCUT2D eigenvalue weighted by molar-refractivity contribution is 5.93. The predicted octanol–water partition coefficient (Wildman–Crippen LogP) is 3.81. The summed E-state index contributed by atoms with van der Waals surface area (Å²) in [5, 5.41) is 3.05. The van der Waals surface area contributed by atoms with Crippen molar-refractivity contribution in [3.8, 4) is 11.5 Å². The van der Waals surface area contributed by atoms with Crippen LogP contribution < -0.4 is 14.8 Å². The van der Waals surface area contributed by atoms with E-state index in [0.717, 1.165) is 34.4 Å². The molecule has 1 heterocycles. The molecule has 1 aliphatic rings. The summed E-state index contributed by atoms with van der Waals surface area (Å²) in [5.74, 6) is 0.852. The van der Waals surface area contributed by atoms with Gasteiger partial charge >= 0.3 is 5.97 Å². The van der Waals surface area contributed by atoms with Crippen molar-refractivity contribution in [1.29, 1.82) is 0 Å². The molecule has 32 heavy (non-hydrogen) atoms. The van der Waals surface area contributed by atoms with Gasteiger partial charge in [-0.1, -0.05) is 18.2 Å². The third-order valence-electron chi connectivity index (χ3n) is 5.87. The maximum absolute atomic E-state index is 13.0. The fourth-order valence-electron chi connectivity index (χ4n) is 4.26. The van der Waals surface area contributed by atoms with E-state index in [-0.39, 0.29) is 30.9 Å². The van der Waals surface area contributed by atoms with Gasteiger partial charge in [0.15, 0.2) is 11.5 Å². The van der Waals surface area contributed by atoms with Crippen LogP contribution in [0.3, 0.4) is 0 Å². The zero-order valence-corrected chi connectivity index (χ0v) is 19.5. The predicted molar refractivity (Wildman–Crippen MR) is 123 cm³/mol. The summed E-state index contributed by atoms with van der Waals surface area (Å²) in [6, 6.07) is 9.50. The van der Waals surface area contributed by atoms with Gasteiger partial charge in [0.05, 0.1) is 33.8 Å². The number of carbonyl (C=O) groups is 2. The smallest absolute Gasteiger partial charge is 0.307 e. The van der Waals surface area contributed by atoms with Gasteiger partial charge in [-0.05, 0) is 61.6 Å². The number of rotatable bonds is 8. The molecule has 0 bridgehead atoms. The number of fused-ring (bicyclic) bond motifs is 1. The van der Waals surface area contributed by atoms with Crippen molar-refractivity contribution in [2.24, 2.45) is 0 Å². The molecule has 2 aromatic rings. The summed E-state index contributed by atoms with van der Waals surface area (Å²) in [4.78, 5) is 27.4. The third-order valence-corrected chi connectivity index (χ3v) is 5.87. The quantitative estimate of drug-likeness (QED) is 0.629. The molecule has 0 saturated heterocycles. The summed E-state index contributed by atoms with van der Waals surface area (Å²) in [7, 11) is 3.19. The lowest BCUT2D eigenvalue weighted by atomic mass is 9.90. The summed E-state index contributed by atoms with van der Waals surface area (Å²) in [5.41, 5.74) is 4.91. The lowest BCUT2D eigenvalue weighted by Crippen LogP contribution is -2.41. The Balaban J connectivity index is 1.87. The van der Waals surface area contributed by atoms with Crippen LogP contribution >= 0.6 is 0 Å². The molecule has 1 amide bonds. The molecule has 7 nitrogen and oxygen atoms in total. The number of esters is 1. The van der Waals surface area contributed by atoms with Gasteiger partial charge in [-0.25, -0.2) is 0 Å². The molecule has 0 aliphatic carbocycles. The molecular formula is C25H32N2O5. The largest absolute Gasteiger partial charge is 0.493 e. The van der Waals surface area contributed by atoms with Gasteiger partial charge < -0.3 is 19.5 Å². The van der Waals surface area contributed by atoms with Gasteiger partial charge in [0.2, 0.25) is 5.91 Å². The SMILES string of the molecule is CCOC(=O)C[C@H]1c2cc(OC)c(OC)cc2CCN1CC(=O)Nc1c(C)cccc1C. The van der Waals surface area contributed by atoms with Crippen molar-refractivity contribution in [3.05, 3.63) is 52.6 Å². The van der Waals surface area contributed by atoms with Crippen molar-refractivity contribution in [2.75, 3.05) is 39.2 Å². The number of hydrogen-bond acceptors (Lipinski definition) is 6. The second-order valence-electron chi connectivity index (χ2n) is 7.97. The van der Waals surface area contributed by atoms with E-state index in [9.17, 15) is 9.59 Å². The first-order valence-corrected chi connectivity index (χ1v) is 10.9. The van der Waals surface area contributed by atoms with Gasteiger partial charge in [-0.3, -0.25) is 14.5 Å². The van der Waals surface area contributed by atoms with Crippen LogP contribution in [0.25, 0.3) is 0 Å². The van der Waals surface area contributed by atoms with Gasteiger partial charge in [0.1, 0.15) is 0 Å². The van der Waals surface area contributed by atoms with E-state index >= 15 is 0 Å². The maximum Gasteiger partial charge on any atom is 0.307 e. The molecule has 3 rings (SSSR count). The number of benzene rings is 2. The number of amides is 1. The monoisotopic (exact) mass is 440 g/mol. The molecule has 7 heteroatoms. The highest BCUT2D eigenvalue weighted by Crippen LogP contribution is 2.39. The van der Waals surface area contributed by atoms with Crippen molar-refractivity contribution in [2.45, 2.75) is 39.7 Å². The zero-order chi connectivity index (χ0) is 23.3. The number of methoxy groups -OCH3 is 2. The van der Waals surface area contributed by atoms with Crippen LogP contribution in [0.5, 0.6) is 11.5 Å². The number of nitrogens with one attached hydrogen (secondary N) is 1. The standard InChI is InChI=1S/C25H32N2O5/c1-6-32-24(29)14-20-19-13-22(31-5)21(30-4)12-18(19)10-11-27(20)15-23(28)26-25-16(2)8-7-9-17(25)3/h7-9,12-13,20H,6,10-11,14-15H2,1-5H3,(H,26,28)/t20-/m0/s1. The molecule has 2 aromatic carbocycles. The molecule has 0 saturated carbocycles. The highest BCUT2D eigenvalue weighted by Gasteiger charge is 2.32. The second kappa shape index (κ2) is 10.5. The Bertz CT molecular complexity index is 968. The first kappa shape index (κ1) is 23.6. The Kier molecular flexibility index (Phi) is 7.75. The van der Waals surface area contributed by atoms with E-state index in [1.165, 1.54) is 0 Å². The van der Waals surface area contributed by atoms with E-state index in [0.29, 0.717) is 24.7 Å². The van der Waals surface area contributed by atoms with Gasteiger partial charge in [-0.15, -0.1) is 0 Å². The minimum atomic E-state index is -0.291. The Hall–Kier alpha value is -3.06. The number of carbonyl (C=O) groups excluding carboxylic acids is 2. The molecule has 0 radical (unpaired) electrons. The highest BCUT2D eigenvalue weighted by atomic mass is 16.5. The van der Waals surface area contributed by atoms with Gasteiger partial charge in [0.25, 0.3) is 0 Å². The average molecular weight is 441 g/mol. The molecule has 172 valence electrons. The third kappa shape index (κ3) is 5.22. The summed E-state index contributed by atoms with van der Waals surface area (Å²) < 4.78 is 16.1. The van der Waals surface area contributed by atoms with Crippen molar-refractivity contribution < 1.29 is 23.8 Å². The summed E-state index contributed by atoms with van der Waals surface area (Å²) in [6.45, 7) is 6.87. The van der Waals surface area contributed by atoms with E-state index < -0.39 is 0 Å². The topological polar surface area (TPSA) is 77.1 Å². The number of aryl methyl sites for hydroxylation is 2. The van der Waals surface area contributed by atoms with Crippen LogP contribution in [-0.2, 0) is 20.7 Å². The Morgan fingerprint density at radius 3 is 2.38 bits per heavy atom. The lowest BCUT2D eigenvalue weighted by molar-refractivity contribution is -0.145. The number of para-hydroxylation sites is 1. The maximum atomic E-state index is 13.0. The molecule has 0 fully saturated rings. The summed E-state index contributed by atoms with van der Waals surface area (Å²) >= 11 is 0. The number of anilines is 1. The van der Waals surface area contributed by atoms with E-state index in [1.807, 2.05) is 49.1 Å². The molecule has 1 aliphatic heterocycles. The van der Waals surface area contributed by atoms with Crippen molar-refractivity contribution in [1.82, 2.24) is 4.90 Å². The minimum Gasteiger partial charge on any atom is -0.493 e. The first-order valence-electron chi connectivity index (χ1n) is 10.9. The number of nitrogens with zero attached hydrogens (tertiary/aromatic N) is 1. The van der Waals surface area contributed by atoms with Crippen molar-refractivity contribution >= 4 is 17.6 Å².